The quantitative estimate of drug-likeness (QED) is 0.758. The summed E-state index contributed by atoms with van der Waals surface area (Å²) in [7, 11) is 0. The van der Waals surface area contributed by atoms with Gasteiger partial charge in [0, 0.05) is 18.3 Å². The average molecular weight is 303 g/mol. The van der Waals surface area contributed by atoms with Crippen LogP contribution in [0.1, 0.15) is 17.5 Å². The monoisotopic (exact) mass is 303 g/mol. The van der Waals surface area contributed by atoms with Crippen LogP contribution in [0.25, 0.3) is 0 Å². The number of furan rings is 1. The Hall–Kier alpha value is -2.67. The summed E-state index contributed by atoms with van der Waals surface area (Å²) in [5.74, 6) is -0.376. The van der Waals surface area contributed by atoms with Crippen molar-refractivity contribution in [3.05, 3.63) is 48.4 Å². The number of anilines is 2. The van der Waals surface area contributed by atoms with Gasteiger partial charge in [-0.3, -0.25) is 9.59 Å². The molecule has 2 rings (SSSR count). The molecule has 0 aliphatic heterocycles. The number of carbonyl (C=O) groups is 2. The molecule has 0 aliphatic carbocycles. The van der Waals surface area contributed by atoms with Crippen molar-refractivity contribution in [1.82, 2.24) is 5.32 Å². The summed E-state index contributed by atoms with van der Waals surface area (Å²) in [5.41, 5.74) is 1.22. The molecule has 108 valence electrons. The van der Waals surface area contributed by atoms with Crippen molar-refractivity contribution >= 4 is 40.5 Å². The van der Waals surface area contributed by atoms with Gasteiger partial charge in [0.1, 0.15) is 0 Å². The molecule has 21 heavy (non-hydrogen) atoms. The van der Waals surface area contributed by atoms with Gasteiger partial charge in [0.05, 0.1) is 6.26 Å². The summed E-state index contributed by atoms with van der Waals surface area (Å²) < 4.78 is 5.01. The van der Waals surface area contributed by atoms with Gasteiger partial charge >= 0.3 is 0 Å². The van der Waals surface area contributed by atoms with Gasteiger partial charge in [-0.2, -0.15) is 0 Å². The number of nitrogens with one attached hydrogen (secondary N) is 3. The molecule has 0 saturated heterocycles. The maximum Gasteiger partial charge on any atom is 0.291 e. The van der Waals surface area contributed by atoms with E-state index < -0.39 is 0 Å². The van der Waals surface area contributed by atoms with Crippen molar-refractivity contribution in [2.45, 2.75) is 6.92 Å². The van der Waals surface area contributed by atoms with Crippen molar-refractivity contribution in [3.8, 4) is 0 Å². The lowest BCUT2D eigenvalue weighted by atomic mass is 10.2. The second-order valence-electron chi connectivity index (χ2n) is 4.15. The van der Waals surface area contributed by atoms with Gasteiger partial charge in [-0.05, 0) is 42.5 Å². The van der Waals surface area contributed by atoms with Crippen molar-refractivity contribution in [1.29, 1.82) is 0 Å². The third-order valence-electron chi connectivity index (χ3n) is 2.41. The third kappa shape index (κ3) is 4.43. The maximum atomic E-state index is 11.8. The predicted molar refractivity (Wildman–Crippen MR) is 83.1 cm³/mol. The zero-order valence-corrected chi connectivity index (χ0v) is 12.0. The fourth-order valence-corrected chi connectivity index (χ4v) is 1.86. The number of amides is 2. The Labute approximate surface area is 126 Å². The fraction of sp³-hybridized carbons (Fsp3) is 0.0714. The molecule has 0 bridgehead atoms. The van der Waals surface area contributed by atoms with Crippen LogP contribution in [0.2, 0.25) is 0 Å². The summed E-state index contributed by atoms with van der Waals surface area (Å²) in [6, 6.07) is 10.1. The minimum absolute atomic E-state index is 0.192. The standard InChI is InChI=1S/C14H13N3O3S/c1-9(18)15-14(21)17-11-5-2-4-10(8-11)16-13(19)12-6-3-7-20-12/h2-8H,1H3,(H,16,19)(H2,15,17,18,21). The van der Waals surface area contributed by atoms with Gasteiger partial charge in [-0.15, -0.1) is 0 Å². The molecule has 0 radical (unpaired) electrons. The maximum absolute atomic E-state index is 11.8. The highest BCUT2D eigenvalue weighted by Crippen LogP contribution is 2.16. The minimum atomic E-state index is -0.346. The van der Waals surface area contributed by atoms with Crippen LogP contribution in [0.4, 0.5) is 11.4 Å². The Morgan fingerprint density at radius 1 is 1.10 bits per heavy atom. The molecule has 0 unspecified atom stereocenters. The molecule has 0 fully saturated rings. The van der Waals surface area contributed by atoms with Gasteiger partial charge in [0.2, 0.25) is 5.91 Å². The Balaban J connectivity index is 2.02. The van der Waals surface area contributed by atoms with Crippen LogP contribution in [-0.4, -0.2) is 16.9 Å². The van der Waals surface area contributed by atoms with E-state index in [2.05, 4.69) is 16.0 Å². The van der Waals surface area contributed by atoms with E-state index in [1.807, 2.05) is 0 Å². The molecule has 0 saturated carbocycles. The van der Waals surface area contributed by atoms with E-state index >= 15 is 0 Å². The molecule has 6 nitrogen and oxygen atoms in total. The first-order chi connectivity index (χ1) is 10.0. The molecule has 0 aliphatic rings. The molecule has 7 heteroatoms. The van der Waals surface area contributed by atoms with Crippen LogP contribution < -0.4 is 16.0 Å². The normalized spacial score (nSPS) is 9.76. The number of benzene rings is 1. The molecule has 3 N–H and O–H groups in total. The van der Waals surface area contributed by atoms with Crippen LogP contribution in [0, 0.1) is 0 Å². The lowest BCUT2D eigenvalue weighted by molar-refractivity contribution is -0.117. The van der Waals surface area contributed by atoms with Crippen LogP contribution in [0.15, 0.2) is 47.1 Å². The van der Waals surface area contributed by atoms with E-state index in [9.17, 15) is 9.59 Å². The van der Waals surface area contributed by atoms with Crippen LogP contribution in [0.5, 0.6) is 0 Å². The van der Waals surface area contributed by atoms with Crippen molar-refractivity contribution in [2.75, 3.05) is 10.6 Å². The second-order valence-corrected chi connectivity index (χ2v) is 4.56. The van der Waals surface area contributed by atoms with Crippen molar-refractivity contribution in [3.63, 3.8) is 0 Å². The first-order valence-electron chi connectivity index (χ1n) is 6.08. The molecule has 2 amide bonds. The second kappa shape index (κ2) is 6.67. The number of rotatable bonds is 3. The number of thiocarbonyl (C=S) groups is 1. The first-order valence-corrected chi connectivity index (χ1v) is 6.49. The smallest absolute Gasteiger partial charge is 0.291 e. The molecule has 1 heterocycles. The highest BCUT2D eigenvalue weighted by molar-refractivity contribution is 7.80. The van der Waals surface area contributed by atoms with Gasteiger partial charge in [0.15, 0.2) is 10.9 Å². The highest BCUT2D eigenvalue weighted by Gasteiger charge is 2.09. The Kier molecular flexibility index (Phi) is 4.68. The largest absolute Gasteiger partial charge is 0.459 e. The summed E-state index contributed by atoms with van der Waals surface area (Å²) in [5, 5.41) is 8.19. The molecule has 0 spiro atoms. The number of carbonyl (C=O) groups excluding carboxylic acids is 2. The van der Waals surface area contributed by atoms with Gasteiger partial charge < -0.3 is 20.4 Å². The third-order valence-corrected chi connectivity index (χ3v) is 2.62. The van der Waals surface area contributed by atoms with Crippen LogP contribution in [-0.2, 0) is 4.79 Å². The average Bonchev–Trinajstić information content (AvgIpc) is 2.91. The molecular formula is C14H13N3O3S. The molecule has 1 aromatic heterocycles. The fourth-order valence-electron chi connectivity index (χ4n) is 1.60. The van der Waals surface area contributed by atoms with Gasteiger partial charge in [-0.25, -0.2) is 0 Å². The van der Waals surface area contributed by atoms with Crippen molar-refractivity contribution < 1.29 is 14.0 Å². The SMILES string of the molecule is CC(=O)NC(=S)Nc1cccc(NC(=O)c2ccco2)c1. The predicted octanol–water partition coefficient (Wildman–Crippen LogP) is 2.36. The summed E-state index contributed by atoms with van der Waals surface area (Å²) in [6.45, 7) is 1.37. The minimum Gasteiger partial charge on any atom is -0.459 e. The van der Waals surface area contributed by atoms with E-state index in [0.29, 0.717) is 11.4 Å². The summed E-state index contributed by atoms with van der Waals surface area (Å²) in [6.07, 6.45) is 1.43. The highest BCUT2D eigenvalue weighted by atomic mass is 32.1. The Morgan fingerprint density at radius 2 is 1.81 bits per heavy atom. The summed E-state index contributed by atoms with van der Waals surface area (Å²) >= 11 is 4.96. The topological polar surface area (TPSA) is 83.4 Å². The molecule has 1 aromatic carbocycles. The zero-order valence-electron chi connectivity index (χ0n) is 11.2. The Bertz CT molecular complexity index is 668. The van der Waals surface area contributed by atoms with Gasteiger partial charge in [0.25, 0.3) is 5.91 Å². The van der Waals surface area contributed by atoms with E-state index in [1.165, 1.54) is 13.2 Å². The molecule has 2 aromatic rings. The first kappa shape index (κ1) is 14.7. The zero-order chi connectivity index (χ0) is 15.2. The summed E-state index contributed by atoms with van der Waals surface area (Å²) in [4.78, 5) is 22.7. The number of hydrogen-bond donors (Lipinski definition) is 3. The van der Waals surface area contributed by atoms with Gasteiger partial charge in [-0.1, -0.05) is 6.07 Å². The van der Waals surface area contributed by atoms with Crippen LogP contribution in [0.3, 0.4) is 0 Å². The van der Waals surface area contributed by atoms with E-state index in [1.54, 1.807) is 36.4 Å². The van der Waals surface area contributed by atoms with Crippen LogP contribution >= 0.6 is 12.2 Å². The number of hydrogen-bond acceptors (Lipinski definition) is 4. The Morgan fingerprint density at radius 3 is 2.43 bits per heavy atom. The lowest BCUT2D eigenvalue weighted by Crippen LogP contribution is -2.32. The van der Waals surface area contributed by atoms with Crippen molar-refractivity contribution in [2.24, 2.45) is 0 Å². The van der Waals surface area contributed by atoms with E-state index in [4.69, 9.17) is 16.6 Å². The molecular weight excluding hydrogens is 290 g/mol. The lowest BCUT2D eigenvalue weighted by Gasteiger charge is -2.10. The van der Waals surface area contributed by atoms with E-state index in [0.717, 1.165) is 0 Å². The molecule has 0 atom stereocenters. The van der Waals surface area contributed by atoms with E-state index in [-0.39, 0.29) is 22.7 Å².